The molecule has 0 radical (unpaired) electrons. The van der Waals surface area contributed by atoms with Gasteiger partial charge in [-0.1, -0.05) is 40.0 Å². The van der Waals surface area contributed by atoms with Gasteiger partial charge in [0.1, 0.15) is 0 Å². The monoisotopic (exact) mass is 158 g/mol. The SMILES string of the molecule is CCC[C@@H](O)CC(CC)CC. The molecule has 0 amide bonds. The van der Waals surface area contributed by atoms with E-state index in [2.05, 4.69) is 20.8 Å². The zero-order chi connectivity index (χ0) is 8.69. The first-order valence-corrected chi connectivity index (χ1v) is 4.92. The van der Waals surface area contributed by atoms with E-state index in [1.807, 2.05) is 0 Å². The molecule has 1 heteroatoms. The highest BCUT2D eigenvalue weighted by atomic mass is 16.3. The van der Waals surface area contributed by atoms with E-state index in [-0.39, 0.29) is 6.10 Å². The van der Waals surface area contributed by atoms with Gasteiger partial charge in [-0.2, -0.15) is 0 Å². The van der Waals surface area contributed by atoms with E-state index in [0.717, 1.165) is 25.2 Å². The second kappa shape index (κ2) is 6.66. The molecule has 1 atom stereocenters. The highest BCUT2D eigenvalue weighted by Crippen LogP contribution is 2.16. The molecule has 1 nitrogen and oxygen atoms in total. The Kier molecular flexibility index (Phi) is 6.63. The largest absolute Gasteiger partial charge is 0.393 e. The first-order chi connectivity index (χ1) is 5.24. The molecule has 0 heterocycles. The Bertz CT molecular complexity index is 76.9. The molecule has 0 aromatic carbocycles. The van der Waals surface area contributed by atoms with Gasteiger partial charge in [-0.25, -0.2) is 0 Å². The highest BCUT2D eigenvalue weighted by molar-refractivity contribution is 4.62. The van der Waals surface area contributed by atoms with Gasteiger partial charge >= 0.3 is 0 Å². The normalized spacial score (nSPS) is 13.9. The number of hydrogen-bond donors (Lipinski definition) is 1. The molecular formula is C10H22O. The third-order valence-corrected chi connectivity index (χ3v) is 2.38. The maximum atomic E-state index is 9.48. The molecule has 0 fully saturated rings. The lowest BCUT2D eigenvalue weighted by Gasteiger charge is -2.16. The first kappa shape index (κ1) is 11.0. The van der Waals surface area contributed by atoms with E-state index < -0.39 is 0 Å². The molecule has 0 saturated heterocycles. The molecular weight excluding hydrogens is 136 g/mol. The number of rotatable bonds is 6. The van der Waals surface area contributed by atoms with Gasteiger partial charge in [-0.15, -0.1) is 0 Å². The molecule has 1 N–H and O–H groups in total. The van der Waals surface area contributed by atoms with E-state index in [1.165, 1.54) is 12.8 Å². The van der Waals surface area contributed by atoms with Crippen molar-refractivity contribution in [3.8, 4) is 0 Å². The topological polar surface area (TPSA) is 20.2 Å². The summed E-state index contributed by atoms with van der Waals surface area (Å²) in [5.41, 5.74) is 0. The lowest BCUT2D eigenvalue weighted by molar-refractivity contribution is 0.129. The summed E-state index contributed by atoms with van der Waals surface area (Å²) in [5.74, 6) is 0.733. The Morgan fingerprint density at radius 2 is 1.64 bits per heavy atom. The van der Waals surface area contributed by atoms with Gasteiger partial charge in [-0.05, 0) is 18.8 Å². The minimum Gasteiger partial charge on any atom is -0.393 e. The summed E-state index contributed by atoms with van der Waals surface area (Å²) in [4.78, 5) is 0. The molecule has 0 spiro atoms. The van der Waals surface area contributed by atoms with E-state index in [4.69, 9.17) is 0 Å². The Balaban J connectivity index is 3.44. The molecule has 0 aliphatic carbocycles. The van der Waals surface area contributed by atoms with Gasteiger partial charge < -0.3 is 5.11 Å². The summed E-state index contributed by atoms with van der Waals surface area (Å²) in [6.07, 6.45) is 5.43. The number of aliphatic hydroxyl groups is 1. The molecule has 68 valence electrons. The molecule has 0 saturated carbocycles. The quantitative estimate of drug-likeness (QED) is 0.630. The van der Waals surface area contributed by atoms with Crippen LogP contribution < -0.4 is 0 Å². The van der Waals surface area contributed by atoms with Crippen LogP contribution >= 0.6 is 0 Å². The maximum absolute atomic E-state index is 9.48. The van der Waals surface area contributed by atoms with Crippen molar-refractivity contribution in [1.82, 2.24) is 0 Å². The summed E-state index contributed by atoms with van der Waals surface area (Å²) in [6, 6.07) is 0. The standard InChI is InChI=1S/C10H22O/c1-4-7-10(11)8-9(5-2)6-3/h9-11H,4-8H2,1-3H3/t10-/m1/s1. The average molecular weight is 158 g/mol. The van der Waals surface area contributed by atoms with Crippen LogP contribution in [0.15, 0.2) is 0 Å². The van der Waals surface area contributed by atoms with E-state index in [9.17, 15) is 5.11 Å². The summed E-state index contributed by atoms with van der Waals surface area (Å²) < 4.78 is 0. The van der Waals surface area contributed by atoms with Crippen LogP contribution in [-0.4, -0.2) is 11.2 Å². The Morgan fingerprint density at radius 1 is 1.09 bits per heavy atom. The van der Waals surface area contributed by atoms with Gasteiger partial charge in [0.05, 0.1) is 6.10 Å². The van der Waals surface area contributed by atoms with Gasteiger partial charge in [0.25, 0.3) is 0 Å². The fraction of sp³-hybridized carbons (Fsp3) is 1.00. The van der Waals surface area contributed by atoms with Gasteiger partial charge in [0.15, 0.2) is 0 Å². The van der Waals surface area contributed by atoms with Gasteiger partial charge in [0, 0.05) is 0 Å². The summed E-state index contributed by atoms with van der Waals surface area (Å²) in [7, 11) is 0. The minimum absolute atomic E-state index is 0.0510. The van der Waals surface area contributed by atoms with Crippen LogP contribution in [0.2, 0.25) is 0 Å². The third kappa shape index (κ3) is 5.25. The lowest BCUT2D eigenvalue weighted by atomic mass is 9.94. The van der Waals surface area contributed by atoms with Gasteiger partial charge in [-0.3, -0.25) is 0 Å². The van der Waals surface area contributed by atoms with Crippen LogP contribution in [-0.2, 0) is 0 Å². The number of aliphatic hydroxyl groups excluding tert-OH is 1. The zero-order valence-corrected chi connectivity index (χ0v) is 8.14. The second-order valence-corrected chi connectivity index (χ2v) is 3.36. The van der Waals surface area contributed by atoms with Crippen molar-refractivity contribution in [3.05, 3.63) is 0 Å². The molecule has 11 heavy (non-hydrogen) atoms. The van der Waals surface area contributed by atoms with Crippen molar-refractivity contribution < 1.29 is 5.11 Å². The predicted molar refractivity (Wildman–Crippen MR) is 49.6 cm³/mol. The molecule has 0 aromatic rings. The average Bonchev–Trinajstić information content (AvgIpc) is 2.01. The lowest BCUT2D eigenvalue weighted by Crippen LogP contribution is -2.12. The van der Waals surface area contributed by atoms with E-state index in [1.54, 1.807) is 0 Å². The third-order valence-electron chi connectivity index (χ3n) is 2.38. The fourth-order valence-corrected chi connectivity index (χ4v) is 1.46. The maximum Gasteiger partial charge on any atom is 0.0542 e. The van der Waals surface area contributed by atoms with Crippen LogP contribution in [0.3, 0.4) is 0 Å². The predicted octanol–water partition coefficient (Wildman–Crippen LogP) is 2.97. The fourth-order valence-electron chi connectivity index (χ4n) is 1.46. The highest BCUT2D eigenvalue weighted by Gasteiger charge is 2.09. The molecule has 0 aliphatic rings. The van der Waals surface area contributed by atoms with Crippen molar-refractivity contribution in [2.24, 2.45) is 5.92 Å². The smallest absolute Gasteiger partial charge is 0.0542 e. The molecule has 0 aliphatic heterocycles. The van der Waals surface area contributed by atoms with Crippen molar-refractivity contribution >= 4 is 0 Å². The van der Waals surface area contributed by atoms with Crippen molar-refractivity contribution in [3.63, 3.8) is 0 Å². The Labute approximate surface area is 70.8 Å². The molecule has 0 bridgehead atoms. The summed E-state index contributed by atoms with van der Waals surface area (Å²) >= 11 is 0. The minimum atomic E-state index is -0.0510. The van der Waals surface area contributed by atoms with Gasteiger partial charge in [0.2, 0.25) is 0 Å². The van der Waals surface area contributed by atoms with Crippen LogP contribution in [0.1, 0.15) is 52.9 Å². The van der Waals surface area contributed by atoms with Crippen molar-refractivity contribution in [2.75, 3.05) is 0 Å². The van der Waals surface area contributed by atoms with Crippen LogP contribution in [0.4, 0.5) is 0 Å². The van der Waals surface area contributed by atoms with Crippen LogP contribution in [0.25, 0.3) is 0 Å². The van der Waals surface area contributed by atoms with Crippen molar-refractivity contribution in [2.45, 2.75) is 59.0 Å². The van der Waals surface area contributed by atoms with Crippen molar-refractivity contribution in [1.29, 1.82) is 0 Å². The Morgan fingerprint density at radius 3 is 2.00 bits per heavy atom. The van der Waals surface area contributed by atoms with Crippen LogP contribution in [0, 0.1) is 5.92 Å². The summed E-state index contributed by atoms with van der Waals surface area (Å²) in [6.45, 7) is 6.52. The molecule has 0 aromatic heterocycles. The second-order valence-electron chi connectivity index (χ2n) is 3.36. The molecule has 0 rings (SSSR count). The molecule has 0 unspecified atom stereocenters. The number of hydrogen-bond acceptors (Lipinski definition) is 1. The first-order valence-electron chi connectivity index (χ1n) is 4.92. The zero-order valence-electron chi connectivity index (χ0n) is 8.14. The van der Waals surface area contributed by atoms with Crippen LogP contribution in [0.5, 0.6) is 0 Å². The summed E-state index contributed by atoms with van der Waals surface area (Å²) in [5, 5.41) is 9.48. The van der Waals surface area contributed by atoms with E-state index in [0.29, 0.717) is 0 Å². The van der Waals surface area contributed by atoms with E-state index >= 15 is 0 Å². The Hall–Kier alpha value is -0.0400.